The van der Waals surface area contributed by atoms with E-state index in [2.05, 4.69) is 25.5 Å². The number of anilines is 3. The molecule has 1 aromatic carbocycles. The molecule has 5 heterocycles. The Labute approximate surface area is 207 Å². The van der Waals surface area contributed by atoms with Crippen LogP contribution in [-0.2, 0) is 6.54 Å². The molecule has 9 heteroatoms. The quantitative estimate of drug-likeness (QED) is 0.393. The molecule has 0 aliphatic carbocycles. The van der Waals surface area contributed by atoms with Gasteiger partial charge in [0.1, 0.15) is 17.3 Å². The summed E-state index contributed by atoms with van der Waals surface area (Å²) in [6.45, 7) is 4.02. The highest BCUT2D eigenvalue weighted by Gasteiger charge is 2.28. The number of aliphatic hydroxyl groups excluding tert-OH is 1. The van der Waals surface area contributed by atoms with Gasteiger partial charge in [0.25, 0.3) is 5.91 Å². The van der Waals surface area contributed by atoms with Crippen LogP contribution < -0.4 is 15.5 Å². The molecule has 0 spiro atoms. The van der Waals surface area contributed by atoms with E-state index in [1.54, 1.807) is 12.4 Å². The lowest BCUT2D eigenvalue weighted by molar-refractivity contribution is 0.0966. The van der Waals surface area contributed by atoms with Crippen molar-refractivity contribution >= 4 is 28.7 Å². The first kappa shape index (κ1) is 22.5. The molecule has 184 valence electrons. The predicted octanol–water partition coefficient (Wildman–Crippen LogP) is 4.12. The molecule has 8 nitrogen and oxygen atoms in total. The standard InChI is InChI=1S/C27H27FN6O2/c1-16(35)17-3-2-9-33(15-17)19-4-7-24(29-12-19)32-22-6-5-20(21-13-31-27(36)26(21)22)23-14-30-25-11-18(28)8-10-34(23)25/h4-8,10-12,14,16-17,35H,2-3,9,13,15H2,1H3,(H,29,32)(H,31,36)/t16?,17-/m0/s1. The number of imidazole rings is 1. The van der Waals surface area contributed by atoms with Gasteiger partial charge in [-0.3, -0.25) is 9.20 Å². The first-order valence-corrected chi connectivity index (χ1v) is 12.2. The van der Waals surface area contributed by atoms with E-state index in [1.807, 2.05) is 41.8 Å². The van der Waals surface area contributed by atoms with Crippen molar-refractivity contribution in [3.05, 3.63) is 71.9 Å². The normalized spacial score (nSPS) is 18.2. The van der Waals surface area contributed by atoms with E-state index in [4.69, 9.17) is 0 Å². The van der Waals surface area contributed by atoms with E-state index in [9.17, 15) is 14.3 Å². The smallest absolute Gasteiger partial charge is 0.254 e. The number of amides is 1. The molecule has 1 fully saturated rings. The van der Waals surface area contributed by atoms with E-state index >= 15 is 0 Å². The molecule has 0 saturated carbocycles. The minimum absolute atomic E-state index is 0.150. The third-order valence-corrected chi connectivity index (χ3v) is 7.23. The first-order chi connectivity index (χ1) is 17.5. The van der Waals surface area contributed by atoms with Crippen molar-refractivity contribution < 1.29 is 14.3 Å². The summed E-state index contributed by atoms with van der Waals surface area (Å²) < 4.78 is 15.4. The lowest BCUT2D eigenvalue weighted by Gasteiger charge is -2.35. The second kappa shape index (κ2) is 8.91. The van der Waals surface area contributed by atoms with Crippen LogP contribution in [0.4, 0.5) is 21.6 Å². The Morgan fingerprint density at radius 1 is 1.19 bits per heavy atom. The summed E-state index contributed by atoms with van der Waals surface area (Å²) in [6.07, 6.45) is 6.94. The number of hydrogen-bond donors (Lipinski definition) is 3. The summed E-state index contributed by atoms with van der Waals surface area (Å²) in [6, 6.07) is 10.5. The molecule has 0 bridgehead atoms. The van der Waals surface area contributed by atoms with Crippen molar-refractivity contribution in [1.82, 2.24) is 19.7 Å². The molecular weight excluding hydrogens is 459 g/mol. The van der Waals surface area contributed by atoms with Crippen LogP contribution in [0.3, 0.4) is 0 Å². The third kappa shape index (κ3) is 3.95. The number of rotatable bonds is 5. The summed E-state index contributed by atoms with van der Waals surface area (Å²) in [5.74, 6) is 0.414. The van der Waals surface area contributed by atoms with Crippen molar-refractivity contribution in [2.75, 3.05) is 23.3 Å². The molecule has 3 N–H and O–H groups in total. The van der Waals surface area contributed by atoms with Gasteiger partial charge >= 0.3 is 0 Å². The van der Waals surface area contributed by atoms with Gasteiger partial charge in [-0.2, -0.15) is 0 Å². The van der Waals surface area contributed by atoms with Crippen molar-refractivity contribution in [3.63, 3.8) is 0 Å². The molecule has 1 amide bonds. The second-order valence-corrected chi connectivity index (χ2v) is 9.53. The lowest BCUT2D eigenvalue weighted by atomic mass is 9.93. The molecular formula is C27H27FN6O2. The summed E-state index contributed by atoms with van der Waals surface area (Å²) >= 11 is 0. The van der Waals surface area contributed by atoms with E-state index < -0.39 is 0 Å². The van der Waals surface area contributed by atoms with Gasteiger partial charge in [-0.25, -0.2) is 14.4 Å². The monoisotopic (exact) mass is 486 g/mol. The number of fused-ring (bicyclic) bond motifs is 2. The maximum absolute atomic E-state index is 13.6. The molecule has 2 aliphatic heterocycles. The van der Waals surface area contributed by atoms with Gasteiger partial charge in [0.15, 0.2) is 0 Å². The summed E-state index contributed by atoms with van der Waals surface area (Å²) in [7, 11) is 0. The zero-order chi connectivity index (χ0) is 24.8. The molecule has 3 aromatic heterocycles. The maximum Gasteiger partial charge on any atom is 0.254 e. The van der Waals surface area contributed by atoms with Crippen molar-refractivity contribution in [2.45, 2.75) is 32.4 Å². The number of nitrogens with zero attached hydrogens (tertiary/aromatic N) is 4. The molecule has 4 aromatic rings. The van der Waals surface area contributed by atoms with Gasteiger partial charge in [0.2, 0.25) is 0 Å². The molecule has 2 atom stereocenters. The number of piperidine rings is 1. The number of hydrogen-bond acceptors (Lipinski definition) is 6. The van der Waals surface area contributed by atoms with Gasteiger partial charge in [-0.15, -0.1) is 0 Å². The Morgan fingerprint density at radius 2 is 2.08 bits per heavy atom. The second-order valence-electron chi connectivity index (χ2n) is 9.53. The topological polar surface area (TPSA) is 94.8 Å². The van der Waals surface area contributed by atoms with E-state index in [-0.39, 0.29) is 23.7 Å². The van der Waals surface area contributed by atoms with Crippen LogP contribution in [0, 0.1) is 11.7 Å². The number of halogens is 1. The van der Waals surface area contributed by atoms with Crippen molar-refractivity contribution in [3.8, 4) is 11.3 Å². The molecule has 0 radical (unpaired) electrons. The van der Waals surface area contributed by atoms with Crippen LogP contribution in [0.1, 0.15) is 35.7 Å². The van der Waals surface area contributed by atoms with Gasteiger partial charge in [0.05, 0.1) is 41.1 Å². The highest BCUT2D eigenvalue weighted by atomic mass is 19.1. The molecule has 6 rings (SSSR count). The number of carbonyl (C=O) groups is 1. The summed E-state index contributed by atoms with van der Waals surface area (Å²) in [5, 5.41) is 16.2. The van der Waals surface area contributed by atoms with Crippen molar-refractivity contribution in [1.29, 1.82) is 0 Å². The van der Waals surface area contributed by atoms with Gasteiger partial charge in [-0.05, 0) is 49.6 Å². The first-order valence-electron chi connectivity index (χ1n) is 12.2. The van der Waals surface area contributed by atoms with Gasteiger partial charge in [0, 0.05) is 43.4 Å². The number of nitrogens with one attached hydrogen (secondary N) is 2. The zero-order valence-corrected chi connectivity index (χ0v) is 19.9. The minimum atomic E-state index is -0.345. The number of aliphatic hydroxyl groups is 1. The third-order valence-electron chi connectivity index (χ3n) is 7.23. The molecule has 1 unspecified atom stereocenters. The van der Waals surface area contributed by atoms with Crippen molar-refractivity contribution in [2.24, 2.45) is 5.92 Å². The largest absolute Gasteiger partial charge is 0.393 e. The van der Waals surface area contributed by atoms with E-state index in [0.717, 1.165) is 48.4 Å². The fourth-order valence-electron chi connectivity index (χ4n) is 5.27. The highest BCUT2D eigenvalue weighted by Crippen LogP contribution is 2.35. The average molecular weight is 487 g/mol. The number of pyridine rings is 2. The number of carbonyl (C=O) groups excluding carboxylic acids is 1. The average Bonchev–Trinajstić information content (AvgIpc) is 3.48. The van der Waals surface area contributed by atoms with Crippen LogP contribution in [0.15, 0.2) is 55.0 Å². The molecule has 2 aliphatic rings. The Balaban J connectivity index is 1.28. The minimum Gasteiger partial charge on any atom is -0.393 e. The summed E-state index contributed by atoms with van der Waals surface area (Å²) in [5.41, 5.74) is 5.31. The van der Waals surface area contributed by atoms with Crippen LogP contribution in [-0.4, -0.2) is 44.6 Å². The SMILES string of the molecule is CC(O)[C@H]1CCCN(c2ccc(Nc3ccc(-c4cnc5cc(F)ccn45)c4c3C(=O)NC4)nc2)C1. The van der Waals surface area contributed by atoms with Gasteiger partial charge < -0.3 is 20.6 Å². The molecule has 36 heavy (non-hydrogen) atoms. The van der Waals surface area contributed by atoms with Crippen LogP contribution in [0.2, 0.25) is 0 Å². The fourth-order valence-corrected chi connectivity index (χ4v) is 5.27. The number of aromatic nitrogens is 3. The highest BCUT2D eigenvalue weighted by molar-refractivity contribution is 6.06. The lowest BCUT2D eigenvalue weighted by Crippen LogP contribution is -2.39. The predicted molar refractivity (Wildman–Crippen MR) is 136 cm³/mol. The Hall–Kier alpha value is -3.98. The Morgan fingerprint density at radius 3 is 2.89 bits per heavy atom. The Bertz CT molecular complexity index is 1450. The molecule has 1 saturated heterocycles. The zero-order valence-electron chi connectivity index (χ0n) is 19.9. The Kier molecular flexibility index (Phi) is 5.56. The van der Waals surface area contributed by atoms with E-state index in [0.29, 0.717) is 29.3 Å². The summed E-state index contributed by atoms with van der Waals surface area (Å²) in [4.78, 5) is 24.0. The van der Waals surface area contributed by atoms with Crippen LogP contribution >= 0.6 is 0 Å². The van der Waals surface area contributed by atoms with Crippen LogP contribution in [0.25, 0.3) is 16.9 Å². The van der Waals surface area contributed by atoms with E-state index in [1.165, 1.54) is 12.1 Å². The number of benzene rings is 1. The maximum atomic E-state index is 13.6. The van der Waals surface area contributed by atoms with Gasteiger partial charge in [-0.1, -0.05) is 6.07 Å². The fraction of sp³-hybridized carbons (Fsp3) is 0.296. The van der Waals surface area contributed by atoms with Crippen LogP contribution in [0.5, 0.6) is 0 Å².